The van der Waals surface area contributed by atoms with Crippen LogP contribution in [0, 0.1) is 5.92 Å². The van der Waals surface area contributed by atoms with E-state index in [0.717, 1.165) is 47.0 Å². The zero-order chi connectivity index (χ0) is 23.3. The summed E-state index contributed by atoms with van der Waals surface area (Å²) in [6.07, 6.45) is 5.79. The lowest BCUT2D eigenvalue weighted by atomic mass is 9.71. The predicted molar refractivity (Wildman–Crippen MR) is 123 cm³/mol. The molecular weight excluding hydrogens is 420 g/mol. The van der Waals surface area contributed by atoms with E-state index < -0.39 is 11.5 Å². The molecule has 0 radical (unpaired) electrons. The smallest absolute Gasteiger partial charge is 0.325 e. The molecule has 3 N–H and O–H groups in total. The molecule has 0 saturated heterocycles. The van der Waals surface area contributed by atoms with Gasteiger partial charge in [-0.3, -0.25) is 14.7 Å². The maximum absolute atomic E-state index is 13.0. The van der Waals surface area contributed by atoms with Crippen LogP contribution in [0.3, 0.4) is 0 Å². The maximum Gasteiger partial charge on any atom is 0.325 e. The van der Waals surface area contributed by atoms with Gasteiger partial charge in [-0.25, -0.2) is 0 Å². The van der Waals surface area contributed by atoms with Crippen molar-refractivity contribution in [2.45, 2.75) is 64.0 Å². The van der Waals surface area contributed by atoms with Crippen LogP contribution in [0.5, 0.6) is 5.75 Å². The van der Waals surface area contributed by atoms with Crippen molar-refractivity contribution in [2.24, 2.45) is 5.92 Å². The molecule has 3 aromatic rings. The molecule has 1 amide bonds. The van der Waals surface area contributed by atoms with Crippen LogP contribution in [0.25, 0.3) is 10.9 Å². The summed E-state index contributed by atoms with van der Waals surface area (Å²) in [6.45, 7) is 6.04. The molecule has 1 aromatic carbocycles. The number of hydrogen-bond acceptors (Lipinski definition) is 5. The molecule has 8 heteroatoms. The quantitative estimate of drug-likeness (QED) is 0.375. The molecule has 0 bridgehead atoms. The monoisotopic (exact) mass is 451 g/mol. The Morgan fingerprint density at radius 3 is 2.73 bits per heavy atom. The Morgan fingerprint density at radius 2 is 2.06 bits per heavy atom. The summed E-state index contributed by atoms with van der Waals surface area (Å²) < 4.78 is 8.74. The minimum atomic E-state index is -0.678. The summed E-state index contributed by atoms with van der Waals surface area (Å²) in [6, 6.07) is 9.20. The van der Waals surface area contributed by atoms with E-state index in [1.165, 1.54) is 0 Å². The molecule has 8 nitrogen and oxygen atoms in total. The summed E-state index contributed by atoms with van der Waals surface area (Å²) in [5.41, 5.74) is 1.59. The van der Waals surface area contributed by atoms with Gasteiger partial charge in [0.25, 0.3) is 0 Å². The van der Waals surface area contributed by atoms with Crippen LogP contribution in [0.15, 0.2) is 36.5 Å². The second-order valence-electron chi connectivity index (χ2n) is 9.80. The Bertz CT molecular complexity index is 1200. The Kier molecular flexibility index (Phi) is 5.28. The molecule has 2 aliphatic rings. The SMILES string of the molecule is CCOc1cc2nn([C@H]3C[C@H](C(C)(C)O)C3)cc2cc1NC(=O)c1cccc(C2CC2)[n+]1O. The van der Waals surface area contributed by atoms with Crippen molar-refractivity contribution in [2.75, 3.05) is 11.9 Å². The van der Waals surface area contributed by atoms with Crippen LogP contribution in [-0.4, -0.2) is 38.2 Å². The predicted octanol–water partition coefficient (Wildman–Crippen LogP) is 3.81. The van der Waals surface area contributed by atoms with Gasteiger partial charge < -0.3 is 15.2 Å². The number of hydrogen-bond donors (Lipinski definition) is 3. The van der Waals surface area contributed by atoms with Gasteiger partial charge in [0.05, 0.1) is 29.5 Å². The number of anilines is 1. The molecule has 5 rings (SSSR count). The van der Waals surface area contributed by atoms with Crippen LogP contribution >= 0.6 is 0 Å². The highest BCUT2D eigenvalue weighted by Gasteiger charge is 2.40. The second kappa shape index (κ2) is 8.02. The van der Waals surface area contributed by atoms with E-state index in [1.807, 2.05) is 49.8 Å². The summed E-state index contributed by atoms with van der Waals surface area (Å²) in [5.74, 6) is 0.709. The number of pyridine rings is 1. The van der Waals surface area contributed by atoms with E-state index in [0.29, 0.717) is 24.0 Å². The number of benzene rings is 1. The molecule has 2 aliphatic carbocycles. The number of aliphatic hydroxyl groups is 1. The van der Waals surface area contributed by atoms with Crippen molar-refractivity contribution in [1.29, 1.82) is 0 Å². The van der Waals surface area contributed by atoms with E-state index in [-0.39, 0.29) is 17.7 Å². The first-order chi connectivity index (χ1) is 15.7. The van der Waals surface area contributed by atoms with Crippen molar-refractivity contribution in [1.82, 2.24) is 9.78 Å². The number of carbonyl (C=O) groups is 1. The average molecular weight is 452 g/mol. The number of fused-ring (bicyclic) bond motifs is 1. The van der Waals surface area contributed by atoms with Crippen molar-refractivity contribution in [3.8, 4) is 5.75 Å². The van der Waals surface area contributed by atoms with Gasteiger partial charge >= 0.3 is 11.6 Å². The van der Waals surface area contributed by atoms with Crippen molar-refractivity contribution >= 4 is 22.5 Å². The van der Waals surface area contributed by atoms with Crippen LogP contribution in [0.1, 0.15) is 74.6 Å². The number of ether oxygens (including phenoxy) is 1. The Balaban J connectivity index is 1.41. The number of carbonyl (C=O) groups excluding carboxylic acids is 1. The van der Waals surface area contributed by atoms with Gasteiger partial charge in [-0.05, 0) is 64.5 Å². The molecule has 0 unspecified atom stereocenters. The van der Waals surface area contributed by atoms with Crippen LogP contribution in [-0.2, 0) is 0 Å². The van der Waals surface area contributed by atoms with Gasteiger partial charge in [0, 0.05) is 40.4 Å². The first-order valence-electron chi connectivity index (χ1n) is 11.7. The summed E-state index contributed by atoms with van der Waals surface area (Å²) >= 11 is 0. The zero-order valence-corrected chi connectivity index (χ0v) is 19.3. The first-order valence-corrected chi connectivity index (χ1v) is 11.7. The standard InChI is InChI=1S/C25H30N4O4/c1-4-33-23-13-19-16(14-28(27-19)18-11-17(12-18)25(2,3)31)10-20(23)26-24(30)22-7-5-6-21(29(22)32)15-8-9-15/h5-7,10,13-15,17-18,31H,4,8-9,11-12H2,1-3H3,(H-,26,30,32)/p+1/t17-,18-. The molecule has 2 heterocycles. The molecular formula is C25H31N4O4+. The Labute approximate surface area is 192 Å². The molecule has 33 heavy (non-hydrogen) atoms. The second-order valence-corrected chi connectivity index (χ2v) is 9.80. The summed E-state index contributed by atoms with van der Waals surface area (Å²) in [4.78, 5) is 13.0. The Morgan fingerprint density at radius 1 is 1.30 bits per heavy atom. The molecule has 2 aromatic heterocycles. The number of nitrogens with one attached hydrogen (secondary N) is 1. The first kappa shape index (κ1) is 21.7. The van der Waals surface area contributed by atoms with Crippen molar-refractivity contribution < 1.29 is 24.6 Å². The topological polar surface area (TPSA) is 100 Å². The third kappa shape index (κ3) is 4.15. The van der Waals surface area contributed by atoms with Gasteiger partial charge in [0.15, 0.2) is 0 Å². The van der Waals surface area contributed by atoms with E-state index >= 15 is 0 Å². The maximum atomic E-state index is 13.0. The molecule has 0 aliphatic heterocycles. The molecule has 2 fully saturated rings. The number of amides is 1. The highest BCUT2D eigenvalue weighted by atomic mass is 16.5. The highest BCUT2D eigenvalue weighted by molar-refractivity contribution is 6.04. The van der Waals surface area contributed by atoms with Gasteiger partial charge in [0.2, 0.25) is 5.69 Å². The third-order valence-corrected chi connectivity index (χ3v) is 6.88. The fourth-order valence-corrected chi connectivity index (χ4v) is 4.58. The summed E-state index contributed by atoms with van der Waals surface area (Å²) in [7, 11) is 0. The fourth-order valence-electron chi connectivity index (χ4n) is 4.58. The highest BCUT2D eigenvalue weighted by Crippen LogP contribution is 2.44. The van der Waals surface area contributed by atoms with Crippen LogP contribution in [0.4, 0.5) is 5.69 Å². The fraction of sp³-hybridized carbons (Fsp3) is 0.480. The number of rotatable bonds is 7. The van der Waals surface area contributed by atoms with Crippen molar-refractivity contribution in [3.63, 3.8) is 0 Å². The molecule has 2 saturated carbocycles. The van der Waals surface area contributed by atoms with E-state index in [2.05, 4.69) is 5.32 Å². The van der Waals surface area contributed by atoms with Crippen LogP contribution in [0.2, 0.25) is 0 Å². The largest absolute Gasteiger partial charge is 0.492 e. The zero-order valence-electron chi connectivity index (χ0n) is 19.3. The molecule has 174 valence electrons. The third-order valence-electron chi connectivity index (χ3n) is 6.88. The van der Waals surface area contributed by atoms with E-state index in [9.17, 15) is 15.1 Å². The van der Waals surface area contributed by atoms with E-state index in [1.54, 1.807) is 12.1 Å². The van der Waals surface area contributed by atoms with Gasteiger partial charge in [-0.1, -0.05) is 0 Å². The minimum Gasteiger partial charge on any atom is -0.492 e. The van der Waals surface area contributed by atoms with Gasteiger partial charge in [-0.15, -0.1) is 0 Å². The lowest BCUT2D eigenvalue weighted by Gasteiger charge is -2.42. The molecule has 0 spiro atoms. The van der Waals surface area contributed by atoms with E-state index in [4.69, 9.17) is 9.84 Å². The van der Waals surface area contributed by atoms with Crippen molar-refractivity contribution in [3.05, 3.63) is 47.9 Å². The van der Waals surface area contributed by atoms with Gasteiger partial charge in [0.1, 0.15) is 5.75 Å². The Hall–Kier alpha value is -3.13. The average Bonchev–Trinajstić information content (AvgIpc) is 3.47. The number of nitrogens with zero attached hydrogens (tertiary/aromatic N) is 3. The number of aromatic nitrogens is 3. The van der Waals surface area contributed by atoms with Gasteiger partial charge in [-0.2, -0.15) is 5.10 Å². The molecule has 0 atom stereocenters. The summed E-state index contributed by atoms with van der Waals surface area (Å²) in [5, 5.41) is 29.3. The minimum absolute atomic E-state index is 0.185. The normalized spacial score (nSPS) is 20.5. The lowest BCUT2D eigenvalue weighted by Crippen LogP contribution is -2.43. The lowest BCUT2D eigenvalue weighted by molar-refractivity contribution is -0.910. The van der Waals surface area contributed by atoms with Crippen LogP contribution < -0.4 is 14.8 Å².